The van der Waals surface area contributed by atoms with E-state index in [4.69, 9.17) is 4.18 Å². The van der Waals surface area contributed by atoms with Crippen molar-refractivity contribution in [3.8, 4) is 11.1 Å². The maximum atomic E-state index is 12.8. The molecule has 39 heavy (non-hydrogen) atoms. The molecule has 2 N–H and O–H groups in total. The number of nitrogens with one attached hydrogen (secondary N) is 2. The Morgan fingerprint density at radius 2 is 1.33 bits per heavy atom. The van der Waals surface area contributed by atoms with Crippen LogP contribution in [-0.4, -0.2) is 25.0 Å². The van der Waals surface area contributed by atoms with E-state index < -0.39 is 10.1 Å². The zero-order valence-corrected chi connectivity index (χ0v) is 22.2. The van der Waals surface area contributed by atoms with E-state index in [0.29, 0.717) is 6.42 Å². The largest absolute Gasteiger partial charge is 0.355 e. The van der Waals surface area contributed by atoms with E-state index in [1.807, 2.05) is 25.1 Å². The zero-order valence-electron chi connectivity index (χ0n) is 21.4. The molecule has 0 aliphatic rings. The molecule has 2 aromatic heterocycles. The van der Waals surface area contributed by atoms with Gasteiger partial charge in [0.2, 0.25) is 0 Å². The molecule has 0 bridgehead atoms. The van der Waals surface area contributed by atoms with Crippen molar-refractivity contribution in [2.45, 2.75) is 18.2 Å². The van der Waals surface area contributed by atoms with E-state index in [2.05, 4.69) is 70.6 Å². The molecule has 6 heteroatoms. The molecule has 7 aromatic rings. The standard InChI is InChI=1S/C33H26N2O3S/c1-21-10-14-24(15-11-21)39(36,37)38-19-18-22-12-16-27-25-6-2-5-9-30(25)35-33(27)32(22)23-13-17-31-28(20-23)26-7-3-4-8-29(26)34-31/h2-17,20,34-35H,18-19H2,1H3. The number of H-pyrrole nitrogens is 2. The maximum absolute atomic E-state index is 12.8. The average molecular weight is 531 g/mol. The highest BCUT2D eigenvalue weighted by molar-refractivity contribution is 7.86. The summed E-state index contributed by atoms with van der Waals surface area (Å²) < 4.78 is 31.1. The van der Waals surface area contributed by atoms with Crippen molar-refractivity contribution in [2.24, 2.45) is 0 Å². The second kappa shape index (κ2) is 9.12. The van der Waals surface area contributed by atoms with Gasteiger partial charge >= 0.3 is 0 Å². The second-order valence-corrected chi connectivity index (χ2v) is 11.6. The molecule has 0 radical (unpaired) electrons. The summed E-state index contributed by atoms with van der Waals surface area (Å²) in [6, 6.07) is 34.0. The van der Waals surface area contributed by atoms with E-state index in [-0.39, 0.29) is 11.5 Å². The van der Waals surface area contributed by atoms with Crippen molar-refractivity contribution >= 4 is 53.7 Å². The molecule has 192 valence electrons. The second-order valence-electron chi connectivity index (χ2n) is 9.96. The molecular weight excluding hydrogens is 504 g/mol. The van der Waals surface area contributed by atoms with Crippen LogP contribution in [0.3, 0.4) is 0 Å². The topological polar surface area (TPSA) is 75.0 Å². The summed E-state index contributed by atoms with van der Waals surface area (Å²) in [4.78, 5) is 7.31. The van der Waals surface area contributed by atoms with Crippen molar-refractivity contribution in [1.82, 2.24) is 9.97 Å². The van der Waals surface area contributed by atoms with Gasteiger partial charge in [-0.3, -0.25) is 4.18 Å². The third-order valence-electron chi connectivity index (χ3n) is 7.48. The van der Waals surface area contributed by atoms with Gasteiger partial charge in [-0.25, -0.2) is 0 Å². The van der Waals surface area contributed by atoms with Crippen LogP contribution in [-0.2, 0) is 20.7 Å². The van der Waals surface area contributed by atoms with Crippen LogP contribution in [0.2, 0.25) is 0 Å². The number of benzene rings is 5. The van der Waals surface area contributed by atoms with Crippen molar-refractivity contribution < 1.29 is 12.6 Å². The first kappa shape index (κ1) is 23.7. The highest BCUT2D eigenvalue weighted by Crippen LogP contribution is 2.38. The van der Waals surface area contributed by atoms with Gasteiger partial charge in [0.25, 0.3) is 10.1 Å². The minimum atomic E-state index is -3.85. The normalized spacial score (nSPS) is 12.2. The van der Waals surface area contributed by atoms with Crippen LogP contribution in [0.15, 0.2) is 108 Å². The highest BCUT2D eigenvalue weighted by Gasteiger charge is 2.18. The van der Waals surface area contributed by atoms with Gasteiger partial charge in [0.1, 0.15) is 0 Å². The molecule has 5 nitrogen and oxygen atoms in total. The SMILES string of the molecule is Cc1ccc(S(=O)(=O)OCCc2ccc3c([nH]c4ccccc43)c2-c2ccc3[nH]c4ccccc4c3c2)cc1. The third kappa shape index (κ3) is 4.09. The minimum absolute atomic E-state index is 0.0459. The van der Waals surface area contributed by atoms with Gasteiger partial charge in [-0.05, 0) is 60.9 Å². The first-order valence-electron chi connectivity index (χ1n) is 13.0. The predicted octanol–water partition coefficient (Wildman–Crippen LogP) is 7.88. The molecular formula is C33H26N2O3S. The average Bonchev–Trinajstić information content (AvgIpc) is 3.51. The Bertz CT molecular complexity index is 2120. The minimum Gasteiger partial charge on any atom is -0.355 e. The fourth-order valence-corrected chi connectivity index (χ4v) is 6.45. The lowest BCUT2D eigenvalue weighted by molar-refractivity contribution is 0.322. The van der Waals surface area contributed by atoms with Crippen LogP contribution < -0.4 is 0 Å². The number of para-hydroxylation sites is 2. The van der Waals surface area contributed by atoms with Gasteiger partial charge in [0, 0.05) is 43.7 Å². The van der Waals surface area contributed by atoms with Crippen LogP contribution in [0.4, 0.5) is 0 Å². The van der Waals surface area contributed by atoms with E-state index >= 15 is 0 Å². The number of aryl methyl sites for hydroxylation is 1. The van der Waals surface area contributed by atoms with Crippen molar-refractivity contribution in [2.75, 3.05) is 6.61 Å². The number of hydrogen-bond donors (Lipinski definition) is 2. The van der Waals surface area contributed by atoms with Crippen LogP contribution >= 0.6 is 0 Å². The summed E-state index contributed by atoms with van der Waals surface area (Å²) in [6.45, 7) is 1.97. The number of hydrogen-bond acceptors (Lipinski definition) is 3. The first-order chi connectivity index (χ1) is 19.0. The summed E-state index contributed by atoms with van der Waals surface area (Å²) in [7, 11) is -3.85. The summed E-state index contributed by atoms with van der Waals surface area (Å²) >= 11 is 0. The van der Waals surface area contributed by atoms with Crippen molar-refractivity contribution in [1.29, 1.82) is 0 Å². The Kier molecular flexibility index (Phi) is 5.54. The van der Waals surface area contributed by atoms with Gasteiger partial charge in [-0.2, -0.15) is 8.42 Å². The monoisotopic (exact) mass is 530 g/mol. The van der Waals surface area contributed by atoms with E-state index in [1.165, 1.54) is 5.39 Å². The predicted molar refractivity (Wildman–Crippen MR) is 159 cm³/mol. The molecule has 0 saturated heterocycles. The van der Waals surface area contributed by atoms with Gasteiger partial charge in [0.05, 0.1) is 17.0 Å². The van der Waals surface area contributed by atoms with Crippen LogP contribution in [0, 0.1) is 6.92 Å². The van der Waals surface area contributed by atoms with Crippen LogP contribution in [0.25, 0.3) is 54.7 Å². The number of fused-ring (bicyclic) bond motifs is 6. The molecule has 0 fully saturated rings. The smallest absolute Gasteiger partial charge is 0.296 e. The summed E-state index contributed by atoms with van der Waals surface area (Å²) in [5, 5.41) is 4.62. The van der Waals surface area contributed by atoms with Gasteiger partial charge in [-0.1, -0.05) is 72.3 Å². The van der Waals surface area contributed by atoms with Gasteiger partial charge in [0.15, 0.2) is 0 Å². The lowest BCUT2D eigenvalue weighted by atomic mass is 9.94. The summed E-state index contributed by atoms with van der Waals surface area (Å²) in [5.41, 5.74) is 8.44. The maximum Gasteiger partial charge on any atom is 0.296 e. The number of rotatable bonds is 6. The molecule has 0 spiro atoms. The molecule has 5 aromatic carbocycles. The Balaban J connectivity index is 1.33. The summed E-state index contributed by atoms with van der Waals surface area (Å²) in [6.07, 6.45) is 0.442. The molecule has 0 unspecified atom stereocenters. The molecule has 0 atom stereocenters. The van der Waals surface area contributed by atoms with Crippen LogP contribution in [0.5, 0.6) is 0 Å². The molecule has 7 rings (SSSR count). The molecule has 2 heterocycles. The zero-order chi connectivity index (χ0) is 26.6. The molecule has 0 aliphatic heterocycles. The van der Waals surface area contributed by atoms with E-state index in [1.54, 1.807) is 24.3 Å². The third-order valence-corrected chi connectivity index (χ3v) is 8.81. The van der Waals surface area contributed by atoms with Crippen molar-refractivity contribution in [3.05, 3.63) is 114 Å². The Morgan fingerprint density at radius 1 is 0.667 bits per heavy atom. The first-order valence-corrected chi connectivity index (χ1v) is 14.4. The number of aromatic amines is 2. The Hall–Kier alpha value is -4.39. The van der Waals surface area contributed by atoms with E-state index in [9.17, 15) is 8.42 Å². The lowest BCUT2D eigenvalue weighted by Crippen LogP contribution is -2.09. The van der Waals surface area contributed by atoms with Gasteiger partial charge < -0.3 is 9.97 Å². The van der Waals surface area contributed by atoms with E-state index in [0.717, 1.165) is 60.5 Å². The fraction of sp³-hybridized carbons (Fsp3) is 0.0909. The van der Waals surface area contributed by atoms with Gasteiger partial charge in [-0.15, -0.1) is 0 Å². The van der Waals surface area contributed by atoms with Crippen LogP contribution in [0.1, 0.15) is 11.1 Å². The lowest BCUT2D eigenvalue weighted by Gasteiger charge is -2.13. The summed E-state index contributed by atoms with van der Waals surface area (Å²) in [5.74, 6) is 0. The highest BCUT2D eigenvalue weighted by atomic mass is 32.2. The molecule has 0 saturated carbocycles. The Morgan fingerprint density at radius 3 is 2.10 bits per heavy atom. The molecule has 0 amide bonds. The van der Waals surface area contributed by atoms with Crippen molar-refractivity contribution in [3.63, 3.8) is 0 Å². The quantitative estimate of drug-likeness (QED) is 0.215. The Labute approximate surface area is 226 Å². The fourth-order valence-electron chi connectivity index (χ4n) is 5.54. The molecule has 0 aliphatic carbocycles. The number of aromatic nitrogens is 2.